The second-order valence-corrected chi connectivity index (χ2v) is 9.91. The van der Waals surface area contributed by atoms with Crippen molar-refractivity contribution in [3.8, 4) is 11.5 Å². The van der Waals surface area contributed by atoms with E-state index in [2.05, 4.69) is 20.5 Å². The Hall–Kier alpha value is -3.53. The highest BCUT2D eigenvalue weighted by Crippen LogP contribution is 2.27. The Balaban J connectivity index is 1.31. The zero-order chi connectivity index (χ0) is 25.9. The highest BCUT2D eigenvalue weighted by atomic mass is 19.1. The Morgan fingerprint density at radius 3 is 2.50 bits per heavy atom. The minimum atomic E-state index is -0.455. The molecule has 0 saturated carbocycles. The lowest BCUT2D eigenvalue weighted by atomic mass is 9.92. The van der Waals surface area contributed by atoms with Crippen molar-refractivity contribution < 1.29 is 23.5 Å². The quantitative estimate of drug-likeness (QED) is 0.636. The van der Waals surface area contributed by atoms with E-state index in [0.717, 1.165) is 0 Å². The van der Waals surface area contributed by atoms with Gasteiger partial charge in [0.2, 0.25) is 17.7 Å². The number of halogens is 1. The molecule has 9 nitrogen and oxygen atoms in total. The first-order chi connectivity index (χ1) is 17.1. The fraction of sp³-hybridized carbons (Fsp3) is 0.462. The van der Waals surface area contributed by atoms with Crippen LogP contribution < -0.4 is 15.4 Å². The molecule has 2 fully saturated rings. The van der Waals surface area contributed by atoms with E-state index in [-0.39, 0.29) is 29.5 Å². The van der Waals surface area contributed by atoms with Gasteiger partial charge in [0.1, 0.15) is 23.1 Å². The molecule has 2 N–H and O–H groups in total. The summed E-state index contributed by atoms with van der Waals surface area (Å²) in [7, 11) is 0. The van der Waals surface area contributed by atoms with Gasteiger partial charge in [-0.1, -0.05) is 0 Å². The summed E-state index contributed by atoms with van der Waals surface area (Å²) < 4.78 is 18.7. The molecular formula is C26H32FN5O4. The monoisotopic (exact) mass is 497 g/mol. The predicted molar refractivity (Wildman–Crippen MR) is 132 cm³/mol. The number of pyridine rings is 1. The molecule has 0 bridgehead atoms. The van der Waals surface area contributed by atoms with Crippen LogP contribution in [-0.2, 0) is 14.4 Å². The van der Waals surface area contributed by atoms with Crippen LogP contribution in [0, 0.1) is 11.7 Å². The number of hydrogen-bond acceptors (Lipinski definition) is 6. The van der Waals surface area contributed by atoms with Crippen molar-refractivity contribution in [2.75, 3.05) is 31.5 Å². The number of piperazine rings is 1. The fourth-order valence-corrected chi connectivity index (χ4v) is 4.65. The van der Waals surface area contributed by atoms with Gasteiger partial charge in [0, 0.05) is 32.6 Å². The summed E-state index contributed by atoms with van der Waals surface area (Å²) in [5.74, 6) is 0.658. The summed E-state index contributed by atoms with van der Waals surface area (Å²) in [6, 6.07) is 8.57. The van der Waals surface area contributed by atoms with Crippen molar-refractivity contribution in [1.82, 2.24) is 20.1 Å². The van der Waals surface area contributed by atoms with Crippen molar-refractivity contribution in [2.45, 2.75) is 45.2 Å². The number of hydrogen-bond donors (Lipinski definition) is 2. The van der Waals surface area contributed by atoms with Gasteiger partial charge in [-0.15, -0.1) is 0 Å². The summed E-state index contributed by atoms with van der Waals surface area (Å²) >= 11 is 0. The number of anilines is 1. The Bertz CT molecular complexity index is 1100. The molecular weight excluding hydrogens is 465 g/mol. The van der Waals surface area contributed by atoms with Crippen LogP contribution in [0.15, 0.2) is 42.6 Å². The maximum Gasteiger partial charge on any atom is 0.242 e. The number of amides is 3. The first kappa shape index (κ1) is 25.6. The molecule has 2 aliphatic rings. The average molecular weight is 498 g/mol. The standard InChI is InChI=1S/C26H32FN5O4/c1-17(24(34)30-22-10-9-21(15-28-22)36-20-7-5-19(27)6-8-20)31-12-13-32(26(2,3)16-31)25(35)18-4-11-23(33)29-14-18/h5-10,15,17-18H,4,11-14,16H2,1-3H3,(H,29,33)(H,28,30,34)/t17-,18+/m0/s1. The third-order valence-electron chi connectivity index (χ3n) is 6.78. The lowest BCUT2D eigenvalue weighted by molar-refractivity contribution is -0.147. The molecule has 3 amide bonds. The van der Waals surface area contributed by atoms with Crippen LogP contribution in [0.5, 0.6) is 11.5 Å². The van der Waals surface area contributed by atoms with Gasteiger partial charge in [0.15, 0.2) is 0 Å². The molecule has 2 atom stereocenters. The Kier molecular flexibility index (Phi) is 7.53. The van der Waals surface area contributed by atoms with Crippen LogP contribution in [0.25, 0.3) is 0 Å². The number of benzene rings is 1. The van der Waals surface area contributed by atoms with Crippen LogP contribution in [0.1, 0.15) is 33.6 Å². The smallest absolute Gasteiger partial charge is 0.242 e. The van der Waals surface area contributed by atoms with Crippen molar-refractivity contribution in [2.24, 2.45) is 5.92 Å². The molecule has 36 heavy (non-hydrogen) atoms. The lowest BCUT2D eigenvalue weighted by Gasteiger charge is -2.49. The lowest BCUT2D eigenvalue weighted by Crippen LogP contribution is -2.65. The maximum absolute atomic E-state index is 13.1. The van der Waals surface area contributed by atoms with E-state index in [0.29, 0.717) is 56.3 Å². The zero-order valence-electron chi connectivity index (χ0n) is 20.8. The Morgan fingerprint density at radius 2 is 1.89 bits per heavy atom. The Labute approximate surface area is 210 Å². The fourth-order valence-electron chi connectivity index (χ4n) is 4.65. The molecule has 2 saturated heterocycles. The normalized spacial score (nSPS) is 20.8. The third-order valence-corrected chi connectivity index (χ3v) is 6.78. The van der Waals surface area contributed by atoms with E-state index in [1.165, 1.54) is 30.5 Å². The van der Waals surface area contributed by atoms with Gasteiger partial charge in [-0.2, -0.15) is 0 Å². The number of carbonyl (C=O) groups is 3. The van der Waals surface area contributed by atoms with E-state index >= 15 is 0 Å². The number of ether oxygens (including phenoxy) is 1. The molecule has 2 aliphatic heterocycles. The molecule has 1 aromatic heterocycles. The summed E-state index contributed by atoms with van der Waals surface area (Å²) in [5.41, 5.74) is -0.455. The first-order valence-corrected chi connectivity index (χ1v) is 12.1. The zero-order valence-corrected chi connectivity index (χ0v) is 20.8. The summed E-state index contributed by atoms with van der Waals surface area (Å²) in [4.78, 5) is 45.7. The van der Waals surface area contributed by atoms with Crippen molar-refractivity contribution in [3.05, 3.63) is 48.4 Å². The van der Waals surface area contributed by atoms with Gasteiger partial charge in [0.25, 0.3) is 0 Å². The molecule has 10 heteroatoms. The molecule has 1 aromatic carbocycles. The SMILES string of the molecule is C[C@@H](C(=O)Nc1ccc(Oc2ccc(F)cc2)cn1)N1CCN(C(=O)[C@@H]2CCC(=O)NC2)C(C)(C)C1. The number of nitrogens with one attached hydrogen (secondary N) is 2. The predicted octanol–water partition coefficient (Wildman–Crippen LogP) is 2.79. The number of nitrogens with zero attached hydrogens (tertiary/aromatic N) is 3. The van der Waals surface area contributed by atoms with Crippen LogP contribution >= 0.6 is 0 Å². The van der Waals surface area contributed by atoms with E-state index in [1.807, 2.05) is 25.7 Å². The van der Waals surface area contributed by atoms with Gasteiger partial charge < -0.3 is 20.3 Å². The van der Waals surface area contributed by atoms with Crippen LogP contribution in [-0.4, -0.2) is 70.3 Å². The van der Waals surface area contributed by atoms with E-state index < -0.39 is 11.6 Å². The molecule has 4 rings (SSSR count). The minimum absolute atomic E-state index is 0.00694. The first-order valence-electron chi connectivity index (χ1n) is 12.1. The summed E-state index contributed by atoms with van der Waals surface area (Å²) in [5, 5.41) is 5.62. The third kappa shape index (κ3) is 5.99. The molecule has 0 unspecified atom stereocenters. The van der Waals surface area contributed by atoms with E-state index in [9.17, 15) is 18.8 Å². The number of rotatable bonds is 6. The van der Waals surface area contributed by atoms with Crippen molar-refractivity contribution in [3.63, 3.8) is 0 Å². The molecule has 0 radical (unpaired) electrons. The minimum Gasteiger partial charge on any atom is -0.456 e. The molecule has 0 aliphatic carbocycles. The van der Waals surface area contributed by atoms with Gasteiger partial charge in [-0.25, -0.2) is 9.37 Å². The average Bonchev–Trinajstić information content (AvgIpc) is 2.85. The van der Waals surface area contributed by atoms with E-state index in [1.54, 1.807) is 12.1 Å². The molecule has 192 valence electrons. The van der Waals surface area contributed by atoms with Crippen LogP contribution in [0.3, 0.4) is 0 Å². The van der Waals surface area contributed by atoms with E-state index in [4.69, 9.17) is 4.74 Å². The number of aromatic nitrogens is 1. The molecule has 0 spiro atoms. The van der Waals surface area contributed by atoms with Crippen molar-refractivity contribution >= 4 is 23.5 Å². The van der Waals surface area contributed by atoms with Crippen LogP contribution in [0.2, 0.25) is 0 Å². The number of carbonyl (C=O) groups excluding carboxylic acids is 3. The van der Waals surface area contributed by atoms with Crippen molar-refractivity contribution in [1.29, 1.82) is 0 Å². The maximum atomic E-state index is 13.1. The van der Waals surface area contributed by atoms with Gasteiger partial charge in [-0.05, 0) is 63.6 Å². The van der Waals surface area contributed by atoms with Crippen LogP contribution in [0.4, 0.5) is 10.2 Å². The van der Waals surface area contributed by atoms with Gasteiger partial charge in [-0.3, -0.25) is 19.3 Å². The molecule has 2 aromatic rings. The second kappa shape index (κ2) is 10.6. The number of piperidine rings is 1. The summed E-state index contributed by atoms with van der Waals surface area (Å²) in [6.45, 7) is 7.86. The Morgan fingerprint density at radius 1 is 1.17 bits per heavy atom. The second-order valence-electron chi connectivity index (χ2n) is 9.91. The largest absolute Gasteiger partial charge is 0.456 e. The highest BCUT2D eigenvalue weighted by molar-refractivity contribution is 5.93. The van der Waals surface area contributed by atoms with Gasteiger partial charge in [0.05, 0.1) is 23.7 Å². The molecule has 3 heterocycles. The highest BCUT2D eigenvalue weighted by Gasteiger charge is 2.41. The topological polar surface area (TPSA) is 104 Å². The summed E-state index contributed by atoms with van der Waals surface area (Å²) in [6.07, 6.45) is 2.44. The van der Waals surface area contributed by atoms with Gasteiger partial charge >= 0.3 is 0 Å².